The molecule has 0 aliphatic carbocycles. The van der Waals surface area contributed by atoms with E-state index in [2.05, 4.69) is 9.97 Å². The molecule has 1 aromatic heterocycles. The van der Waals surface area contributed by atoms with Crippen LogP contribution in [0.25, 0.3) is 10.9 Å². The third kappa shape index (κ3) is 1.40. The van der Waals surface area contributed by atoms with Gasteiger partial charge in [-0.3, -0.25) is 0 Å². The second-order valence-corrected chi connectivity index (χ2v) is 3.03. The van der Waals surface area contributed by atoms with Crippen molar-refractivity contribution in [2.24, 2.45) is 0 Å². The van der Waals surface area contributed by atoms with Crippen molar-refractivity contribution in [3.63, 3.8) is 0 Å². The average Bonchev–Trinajstić information content (AvgIpc) is 2.16. The van der Waals surface area contributed by atoms with Gasteiger partial charge in [-0.2, -0.15) is 0 Å². The highest BCUT2D eigenvalue weighted by Crippen LogP contribution is 2.17. The number of carboxylic acid groups (broad SMARTS) is 1. The summed E-state index contributed by atoms with van der Waals surface area (Å²) in [5, 5.41) is 9.58. The number of carbonyl (C=O) groups is 1. The molecule has 0 atom stereocenters. The molecule has 0 saturated carbocycles. The zero-order valence-corrected chi connectivity index (χ0v) is 7.69. The fraction of sp³-hybridized carbons (Fsp3) is 0. The molecule has 4 nitrogen and oxygen atoms in total. The number of fused-ring (bicyclic) bond motifs is 1. The van der Waals surface area contributed by atoms with Crippen LogP contribution in [-0.2, 0) is 0 Å². The Morgan fingerprint density at radius 3 is 2.93 bits per heavy atom. The minimum Gasteiger partial charge on any atom is -0.478 e. The van der Waals surface area contributed by atoms with Gasteiger partial charge in [0.15, 0.2) is 0 Å². The molecule has 14 heavy (non-hydrogen) atoms. The summed E-state index contributed by atoms with van der Waals surface area (Å²) in [5.41, 5.74) is 0.492. The van der Waals surface area contributed by atoms with E-state index in [-0.39, 0.29) is 10.8 Å². The van der Waals surface area contributed by atoms with Crippen LogP contribution in [0.4, 0.5) is 0 Å². The molecule has 2 aromatic rings. The van der Waals surface area contributed by atoms with Crippen molar-refractivity contribution in [3.8, 4) is 0 Å². The van der Waals surface area contributed by atoms with Gasteiger partial charge in [0.25, 0.3) is 0 Å². The van der Waals surface area contributed by atoms with E-state index in [0.29, 0.717) is 10.9 Å². The van der Waals surface area contributed by atoms with E-state index >= 15 is 0 Å². The number of halogens is 1. The zero-order valence-electron chi connectivity index (χ0n) is 6.94. The summed E-state index contributed by atoms with van der Waals surface area (Å²) in [6.45, 7) is 0. The standard InChI is InChI=1S/C9H5ClN2O2/c10-9-11-4-5-2-1-3-6(8(13)14)7(5)12-9/h1-4H,(H,13,14). The van der Waals surface area contributed by atoms with Crippen LogP contribution in [0.15, 0.2) is 24.4 Å². The molecule has 0 bridgehead atoms. The molecule has 1 aromatic carbocycles. The zero-order chi connectivity index (χ0) is 10.1. The van der Waals surface area contributed by atoms with Crippen LogP contribution in [0, 0.1) is 0 Å². The van der Waals surface area contributed by atoms with E-state index in [1.807, 2.05) is 0 Å². The molecule has 0 unspecified atom stereocenters. The number of benzene rings is 1. The molecular formula is C9H5ClN2O2. The maximum atomic E-state index is 10.8. The lowest BCUT2D eigenvalue weighted by Crippen LogP contribution is -1.99. The van der Waals surface area contributed by atoms with Crippen molar-refractivity contribution in [2.45, 2.75) is 0 Å². The summed E-state index contributed by atoms with van der Waals surface area (Å²) in [4.78, 5) is 18.5. The van der Waals surface area contributed by atoms with Crippen molar-refractivity contribution >= 4 is 28.5 Å². The lowest BCUT2D eigenvalue weighted by Gasteiger charge is -2.00. The van der Waals surface area contributed by atoms with Crippen LogP contribution in [0.5, 0.6) is 0 Å². The molecule has 0 spiro atoms. The maximum absolute atomic E-state index is 10.8. The Morgan fingerprint density at radius 1 is 1.43 bits per heavy atom. The summed E-state index contributed by atoms with van der Waals surface area (Å²) in [5.74, 6) is -1.02. The topological polar surface area (TPSA) is 63.1 Å². The predicted octanol–water partition coefficient (Wildman–Crippen LogP) is 1.98. The normalized spacial score (nSPS) is 10.4. The minimum absolute atomic E-state index is 0.0474. The molecule has 2 rings (SSSR count). The van der Waals surface area contributed by atoms with Gasteiger partial charge in [-0.15, -0.1) is 0 Å². The summed E-state index contributed by atoms with van der Waals surface area (Å²) in [6.07, 6.45) is 1.50. The number of aromatic nitrogens is 2. The Labute approximate surface area is 84.2 Å². The van der Waals surface area contributed by atoms with Gasteiger partial charge in [0.1, 0.15) is 0 Å². The third-order valence-corrected chi connectivity index (χ3v) is 1.99. The number of aromatic carboxylic acids is 1. The molecular weight excluding hydrogens is 204 g/mol. The number of carboxylic acids is 1. The summed E-state index contributed by atoms with van der Waals surface area (Å²) in [7, 11) is 0. The molecule has 0 saturated heterocycles. The number of hydrogen-bond donors (Lipinski definition) is 1. The minimum atomic E-state index is -1.02. The first-order valence-electron chi connectivity index (χ1n) is 3.83. The Hall–Kier alpha value is -1.68. The van der Waals surface area contributed by atoms with E-state index < -0.39 is 5.97 Å². The van der Waals surface area contributed by atoms with Crippen LogP contribution in [-0.4, -0.2) is 21.0 Å². The summed E-state index contributed by atoms with van der Waals surface area (Å²) < 4.78 is 0. The first kappa shape index (κ1) is 8.90. The molecule has 0 aliphatic heterocycles. The molecule has 0 fully saturated rings. The van der Waals surface area contributed by atoms with E-state index in [0.717, 1.165) is 0 Å². The van der Waals surface area contributed by atoms with Gasteiger partial charge >= 0.3 is 5.97 Å². The monoisotopic (exact) mass is 208 g/mol. The van der Waals surface area contributed by atoms with E-state index in [9.17, 15) is 4.79 Å². The molecule has 5 heteroatoms. The highest BCUT2D eigenvalue weighted by Gasteiger charge is 2.09. The predicted molar refractivity (Wildman–Crippen MR) is 51.5 cm³/mol. The van der Waals surface area contributed by atoms with Crippen LogP contribution in [0.3, 0.4) is 0 Å². The maximum Gasteiger partial charge on any atom is 0.337 e. The van der Waals surface area contributed by atoms with Gasteiger partial charge in [0, 0.05) is 11.6 Å². The molecule has 1 N–H and O–H groups in total. The fourth-order valence-corrected chi connectivity index (χ4v) is 1.34. The molecule has 70 valence electrons. The van der Waals surface area contributed by atoms with Gasteiger partial charge in [-0.05, 0) is 17.7 Å². The van der Waals surface area contributed by atoms with Crippen LogP contribution >= 0.6 is 11.6 Å². The fourth-order valence-electron chi connectivity index (χ4n) is 1.21. The largest absolute Gasteiger partial charge is 0.478 e. The second-order valence-electron chi connectivity index (χ2n) is 2.69. The van der Waals surface area contributed by atoms with Crippen molar-refractivity contribution in [1.29, 1.82) is 0 Å². The van der Waals surface area contributed by atoms with Crippen molar-refractivity contribution in [2.75, 3.05) is 0 Å². The number of nitrogens with zero attached hydrogens (tertiary/aromatic N) is 2. The number of hydrogen-bond acceptors (Lipinski definition) is 3. The second kappa shape index (κ2) is 3.23. The Kier molecular flexibility index (Phi) is 2.05. The third-order valence-electron chi connectivity index (χ3n) is 1.81. The first-order valence-corrected chi connectivity index (χ1v) is 4.21. The molecule has 0 amide bonds. The quantitative estimate of drug-likeness (QED) is 0.728. The van der Waals surface area contributed by atoms with Crippen LogP contribution in [0.1, 0.15) is 10.4 Å². The van der Waals surface area contributed by atoms with E-state index in [1.54, 1.807) is 12.1 Å². The van der Waals surface area contributed by atoms with Gasteiger partial charge in [-0.25, -0.2) is 14.8 Å². The van der Waals surface area contributed by atoms with Gasteiger partial charge in [0.05, 0.1) is 11.1 Å². The number of rotatable bonds is 1. The lowest BCUT2D eigenvalue weighted by molar-refractivity contribution is 0.0699. The van der Waals surface area contributed by atoms with Crippen LogP contribution < -0.4 is 0 Å². The van der Waals surface area contributed by atoms with Crippen molar-refractivity contribution in [3.05, 3.63) is 35.2 Å². The highest BCUT2D eigenvalue weighted by atomic mass is 35.5. The smallest absolute Gasteiger partial charge is 0.337 e. The van der Waals surface area contributed by atoms with Gasteiger partial charge < -0.3 is 5.11 Å². The van der Waals surface area contributed by atoms with Crippen LogP contribution in [0.2, 0.25) is 5.28 Å². The first-order chi connectivity index (χ1) is 6.68. The number of para-hydroxylation sites is 1. The molecule has 1 heterocycles. The highest BCUT2D eigenvalue weighted by molar-refractivity contribution is 6.28. The Morgan fingerprint density at radius 2 is 2.21 bits per heavy atom. The lowest BCUT2D eigenvalue weighted by atomic mass is 10.1. The van der Waals surface area contributed by atoms with E-state index in [1.165, 1.54) is 12.3 Å². The van der Waals surface area contributed by atoms with E-state index in [4.69, 9.17) is 16.7 Å². The Bertz CT molecular complexity index is 513. The summed E-state index contributed by atoms with van der Waals surface area (Å²) >= 11 is 5.58. The van der Waals surface area contributed by atoms with Crippen molar-refractivity contribution in [1.82, 2.24) is 9.97 Å². The van der Waals surface area contributed by atoms with Gasteiger partial charge in [-0.1, -0.05) is 12.1 Å². The molecule has 0 radical (unpaired) electrons. The van der Waals surface area contributed by atoms with Crippen molar-refractivity contribution < 1.29 is 9.90 Å². The SMILES string of the molecule is O=C(O)c1cccc2cnc(Cl)nc12. The molecule has 0 aliphatic rings. The summed E-state index contributed by atoms with van der Waals surface area (Å²) in [6, 6.07) is 4.86. The Balaban J connectivity index is 2.84. The van der Waals surface area contributed by atoms with Gasteiger partial charge in [0.2, 0.25) is 5.28 Å². The average molecular weight is 209 g/mol.